The molecule has 0 aromatic heterocycles. The lowest BCUT2D eigenvalue weighted by Crippen LogP contribution is -2.44. The van der Waals surface area contributed by atoms with Gasteiger partial charge in [0.05, 0.1) is 13.7 Å². The fourth-order valence-electron chi connectivity index (χ4n) is 3.43. The topological polar surface area (TPSA) is 41.9 Å². The molecule has 0 amide bonds. The van der Waals surface area contributed by atoms with Crippen LogP contribution in [0.3, 0.4) is 0 Å². The highest BCUT2D eigenvalue weighted by Crippen LogP contribution is 2.33. The van der Waals surface area contributed by atoms with Crippen LogP contribution in [0.2, 0.25) is 0 Å². The van der Waals surface area contributed by atoms with Gasteiger partial charge in [-0.2, -0.15) is 0 Å². The molecule has 0 saturated carbocycles. The minimum Gasteiger partial charge on any atom is -0.496 e. The smallest absolute Gasteiger partial charge is 0.124 e. The summed E-state index contributed by atoms with van der Waals surface area (Å²) in [5, 5.41) is 9.75. The van der Waals surface area contributed by atoms with Crippen molar-refractivity contribution in [2.75, 3.05) is 33.9 Å². The van der Waals surface area contributed by atoms with Crippen molar-refractivity contribution in [2.24, 2.45) is 5.41 Å². The number of piperidine rings is 1. The van der Waals surface area contributed by atoms with Gasteiger partial charge in [0.15, 0.2) is 0 Å². The maximum absolute atomic E-state index is 9.75. The van der Waals surface area contributed by atoms with Gasteiger partial charge in [-0.1, -0.05) is 13.0 Å². The van der Waals surface area contributed by atoms with Crippen LogP contribution in [-0.2, 0) is 17.9 Å². The van der Waals surface area contributed by atoms with Gasteiger partial charge in [-0.25, -0.2) is 0 Å². The first-order chi connectivity index (χ1) is 10.7. The maximum Gasteiger partial charge on any atom is 0.124 e. The van der Waals surface area contributed by atoms with Crippen LogP contribution >= 0.6 is 0 Å². The second-order valence-electron chi connectivity index (χ2n) is 6.41. The van der Waals surface area contributed by atoms with E-state index in [1.165, 1.54) is 5.56 Å². The number of rotatable bonds is 7. The molecule has 1 aliphatic rings. The van der Waals surface area contributed by atoms with Crippen LogP contribution in [0.5, 0.6) is 5.75 Å². The largest absolute Gasteiger partial charge is 0.496 e. The summed E-state index contributed by atoms with van der Waals surface area (Å²) in [7, 11) is 3.39. The Balaban J connectivity index is 2.08. The molecule has 0 spiro atoms. The van der Waals surface area contributed by atoms with Gasteiger partial charge in [0, 0.05) is 37.8 Å². The van der Waals surface area contributed by atoms with Gasteiger partial charge >= 0.3 is 0 Å². The first-order valence-corrected chi connectivity index (χ1v) is 8.14. The molecule has 0 radical (unpaired) electrons. The van der Waals surface area contributed by atoms with Crippen molar-refractivity contribution in [1.29, 1.82) is 0 Å². The summed E-state index contributed by atoms with van der Waals surface area (Å²) < 4.78 is 10.6. The summed E-state index contributed by atoms with van der Waals surface area (Å²) >= 11 is 0. The summed E-state index contributed by atoms with van der Waals surface area (Å²) in [6.45, 7) is 6.04. The van der Waals surface area contributed by atoms with Crippen molar-refractivity contribution in [3.63, 3.8) is 0 Å². The molecule has 1 atom stereocenters. The summed E-state index contributed by atoms with van der Waals surface area (Å²) in [6.07, 6.45) is 3.33. The van der Waals surface area contributed by atoms with Crippen molar-refractivity contribution in [2.45, 2.75) is 39.3 Å². The van der Waals surface area contributed by atoms with Gasteiger partial charge in [-0.15, -0.1) is 0 Å². The molecule has 4 nitrogen and oxygen atoms in total. The number of aliphatic hydroxyl groups excluding tert-OH is 1. The zero-order valence-electron chi connectivity index (χ0n) is 14.1. The van der Waals surface area contributed by atoms with E-state index in [0.717, 1.165) is 50.2 Å². The van der Waals surface area contributed by atoms with Gasteiger partial charge < -0.3 is 14.6 Å². The van der Waals surface area contributed by atoms with E-state index in [-0.39, 0.29) is 12.0 Å². The first kappa shape index (κ1) is 17.3. The zero-order chi connectivity index (χ0) is 16.0. The minimum atomic E-state index is 0.0834. The second-order valence-corrected chi connectivity index (χ2v) is 6.41. The molecule has 1 aromatic rings. The molecule has 0 bridgehead atoms. The monoisotopic (exact) mass is 307 g/mol. The van der Waals surface area contributed by atoms with E-state index < -0.39 is 0 Å². The third-order valence-electron chi connectivity index (χ3n) is 4.88. The number of aliphatic hydroxyl groups is 1. The van der Waals surface area contributed by atoms with Crippen LogP contribution in [0.4, 0.5) is 0 Å². The SMILES string of the molecule is CCC1(CO)CCCN(Cc2ccc(OC)c(COC)c2)C1. The molecule has 1 N–H and O–H groups in total. The third kappa shape index (κ3) is 4.00. The Labute approximate surface area is 134 Å². The summed E-state index contributed by atoms with van der Waals surface area (Å²) in [4.78, 5) is 2.46. The molecule has 1 saturated heterocycles. The van der Waals surface area contributed by atoms with Gasteiger partial charge in [-0.3, -0.25) is 4.90 Å². The molecule has 1 aliphatic heterocycles. The normalized spacial score (nSPS) is 22.7. The quantitative estimate of drug-likeness (QED) is 0.841. The first-order valence-electron chi connectivity index (χ1n) is 8.14. The standard InChI is InChI=1S/C18H29NO3/c1-4-18(14-20)8-5-9-19(13-18)11-15-6-7-17(22-3)16(10-15)12-21-2/h6-7,10,20H,4-5,8-9,11-14H2,1-3H3. The highest BCUT2D eigenvalue weighted by Gasteiger charge is 2.33. The molecule has 4 heteroatoms. The van der Waals surface area contributed by atoms with Crippen molar-refractivity contribution in [3.8, 4) is 5.75 Å². The molecular formula is C18H29NO3. The number of ether oxygens (including phenoxy) is 2. The van der Waals surface area contributed by atoms with Crippen LogP contribution in [-0.4, -0.2) is 43.9 Å². The number of methoxy groups -OCH3 is 2. The van der Waals surface area contributed by atoms with Gasteiger partial charge in [0.1, 0.15) is 5.75 Å². The second kappa shape index (κ2) is 7.95. The Morgan fingerprint density at radius 2 is 2.14 bits per heavy atom. The van der Waals surface area contributed by atoms with Crippen molar-refractivity contribution in [3.05, 3.63) is 29.3 Å². The summed E-state index contributed by atoms with van der Waals surface area (Å²) in [6, 6.07) is 6.31. The summed E-state index contributed by atoms with van der Waals surface area (Å²) in [5.74, 6) is 0.877. The molecular weight excluding hydrogens is 278 g/mol. The molecule has 1 aromatic carbocycles. The minimum absolute atomic E-state index is 0.0834. The molecule has 2 rings (SSSR count). The molecule has 124 valence electrons. The lowest BCUT2D eigenvalue weighted by Gasteiger charge is -2.41. The third-order valence-corrected chi connectivity index (χ3v) is 4.88. The van der Waals surface area contributed by atoms with Crippen molar-refractivity contribution in [1.82, 2.24) is 4.90 Å². The van der Waals surface area contributed by atoms with Crippen LogP contribution in [0.1, 0.15) is 37.3 Å². The van der Waals surface area contributed by atoms with Crippen LogP contribution in [0, 0.1) is 5.41 Å². The fourth-order valence-corrected chi connectivity index (χ4v) is 3.43. The zero-order valence-corrected chi connectivity index (χ0v) is 14.1. The van der Waals surface area contributed by atoms with Crippen molar-refractivity contribution < 1.29 is 14.6 Å². The lowest BCUT2D eigenvalue weighted by atomic mass is 9.78. The van der Waals surface area contributed by atoms with E-state index in [1.807, 2.05) is 6.07 Å². The van der Waals surface area contributed by atoms with Gasteiger partial charge in [0.2, 0.25) is 0 Å². The number of hydrogen-bond acceptors (Lipinski definition) is 4. The van der Waals surface area contributed by atoms with Crippen LogP contribution in [0.15, 0.2) is 18.2 Å². The Kier molecular flexibility index (Phi) is 6.24. The molecule has 1 unspecified atom stereocenters. The Morgan fingerprint density at radius 3 is 2.77 bits per heavy atom. The molecule has 0 aliphatic carbocycles. The average molecular weight is 307 g/mol. The van der Waals surface area contributed by atoms with E-state index in [1.54, 1.807) is 14.2 Å². The van der Waals surface area contributed by atoms with E-state index in [0.29, 0.717) is 6.61 Å². The van der Waals surface area contributed by atoms with E-state index >= 15 is 0 Å². The molecule has 22 heavy (non-hydrogen) atoms. The molecule has 1 heterocycles. The molecule has 1 fully saturated rings. The Bertz CT molecular complexity index is 471. The number of benzene rings is 1. The van der Waals surface area contributed by atoms with E-state index in [9.17, 15) is 5.11 Å². The lowest BCUT2D eigenvalue weighted by molar-refractivity contribution is 0.0258. The maximum atomic E-state index is 9.75. The number of likely N-dealkylation sites (tertiary alicyclic amines) is 1. The Morgan fingerprint density at radius 1 is 1.32 bits per heavy atom. The highest BCUT2D eigenvalue weighted by atomic mass is 16.5. The highest BCUT2D eigenvalue weighted by molar-refractivity contribution is 5.37. The fraction of sp³-hybridized carbons (Fsp3) is 0.667. The average Bonchev–Trinajstić information content (AvgIpc) is 2.55. The van der Waals surface area contributed by atoms with E-state index in [2.05, 4.69) is 24.0 Å². The number of hydrogen-bond donors (Lipinski definition) is 1. The van der Waals surface area contributed by atoms with Crippen LogP contribution in [0.25, 0.3) is 0 Å². The Hall–Kier alpha value is -1.10. The van der Waals surface area contributed by atoms with E-state index in [4.69, 9.17) is 9.47 Å². The summed E-state index contributed by atoms with van der Waals surface area (Å²) in [5.41, 5.74) is 2.45. The predicted molar refractivity (Wildman–Crippen MR) is 88.0 cm³/mol. The number of nitrogens with zero attached hydrogens (tertiary/aromatic N) is 1. The predicted octanol–water partition coefficient (Wildman–Crippen LogP) is 2.83. The van der Waals surface area contributed by atoms with Gasteiger partial charge in [0.25, 0.3) is 0 Å². The van der Waals surface area contributed by atoms with Gasteiger partial charge in [-0.05, 0) is 43.5 Å². The van der Waals surface area contributed by atoms with Crippen LogP contribution < -0.4 is 4.74 Å². The van der Waals surface area contributed by atoms with Crippen molar-refractivity contribution >= 4 is 0 Å².